The van der Waals surface area contributed by atoms with Crippen molar-refractivity contribution < 1.29 is 18.7 Å². The Hall–Kier alpha value is -3.40. The van der Waals surface area contributed by atoms with Gasteiger partial charge in [-0.2, -0.15) is 5.10 Å². The van der Waals surface area contributed by atoms with Gasteiger partial charge in [-0.05, 0) is 69.8 Å². The summed E-state index contributed by atoms with van der Waals surface area (Å²) in [5.74, 6) is 1.18. The summed E-state index contributed by atoms with van der Waals surface area (Å²) in [7, 11) is 3.30. The van der Waals surface area contributed by atoms with Crippen LogP contribution in [0.5, 0.6) is 11.5 Å². The van der Waals surface area contributed by atoms with Gasteiger partial charge in [0, 0.05) is 12.0 Å². The van der Waals surface area contributed by atoms with Gasteiger partial charge in [-0.1, -0.05) is 25.3 Å². The van der Waals surface area contributed by atoms with Crippen LogP contribution in [0.15, 0.2) is 29.0 Å². The Bertz CT molecular complexity index is 1190. The van der Waals surface area contributed by atoms with Gasteiger partial charge < -0.3 is 24.5 Å². The Balaban J connectivity index is 1.69. The minimum atomic E-state index is -0.541. The SMILES string of the molecule is COc1cccc(OC)c1-c1c(C(CCN2CCCCC2)Cc2nnco2)c(C(N)=O)nn1C1CCCC1. The molecule has 2 aliphatic rings. The van der Waals surface area contributed by atoms with Gasteiger partial charge in [0.05, 0.1) is 31.5 Å². The van der Waals surface area contributed by atoms with Crippen molar-refractivity contribution in [3.8, 4) is 22.8 Å². The molecule has 1 unspecified atom stereocenters. The molecule has 5 rings (SSSR count). The number of hydrogen-bond donors (Lipinski definition) is 1. The van der Waals surface area contributed by atoms with Gasteiger partial charge in [0.1, 0.15) is 11.5 Å². The van der Waals surface area contributed by atoms with Crippen molar-refractivity contribution in [2.75, 3.05) is 33.9 Å². The van der Waals surface area contributed by atoms with E-state index in [0.717, 1.165) is 68.6 Å². The Morgan fingerprint density at radius 1 is 1.11 bits per heavy atom. The number of rotatable bonds is 11. The highest BCUT2D eigenvalue weighted by Gasteiger charge is 2.35. The first kappa shape index (κ1) is 26.2. The first-order valence-electron chi connectivity index (χ1n) is 13.7. The summed E-state index contributed by atoms with van der Waals surface area (Å²) in [4.78, 5) is 15.5. The molecule has 1 aliphatic heterocycles. The second kappa shape index (κ2) is 12.0. The van der Waals surface area contributed by atoms with Gasteiger partial charge in [-0.15, -0.1) is 10.2 Å². The molecule has 2 fully saturated rings. The van der Waals surface area contributed by atoms with E-state index in [0.29, 0.717) is 29.5 Å². The van der Waals surface area contributed by atoms with Gasteiger partial charge in [0.15, 0.2) is 5.69 Å². The topological polar surface area (TPSA) is 122 Å². The van der Waals surface area contributed by atoms with Crippen molar-refractivity contribution in [2.24, 2.45) is 5.73 Å². The first-order valence-corrected chi connectivity index (χ1v) is 13.7. The Morgan fingerprint density at radius 2 is 1.82 bits per heavy atom. The van der Waals surface area contributed by atoms with Crippen LogP contribution in [0.1, 0.15) is 85.3 Å². The van der Waals surface area contributed by atoms with Crippen molar-refractivity contribution in [3.05, 3.63) is 41.7 Å². The fourth-order valence-electron chi connectivity index (χ4n) is 6.13. The second-order valence-electron chi connectivity index (χ2n) is 10.3. The van der Waals surface area contributed by atoms with E-state index >= 15 is 0 Å². The van der Waals surface area contributed by atoms with E-state index in [9.17, 15) is 4.79 Å². The highest BCUT2D eigenvalue weighted by molar-refractivity contribution is 5.95. The number of carbonyl (C=O) groups excluding carboxylic acids is 1. The molecule has 10 heteroatoms. The number of nitrogens with two attached hydrogens (primary N) is 1. The average molecular weight is 523 g/mol. The second-order valence-corrected chi connectivity index (χ2v) is 10.3. The number of piperidine rings is 1. The molecule has 2 aromatic heterocycles. The molecule has 0 radical (unpaired) electrons. The number of ether oxygens (including phenoxy) is 2. The third-order valence-electron chi connectivity index (χ3n) is 7.99. The third kappa shape index (κ3) is 5.41. The van der Waals surface area contributed by atoms with Crippen LogP contribution >= 0.6 is 0 Å². The van der Waals surface area contributed by atoms with Crippen molar-refractivity contribution >= 4 is 5.91 Å². The fraction of sp³-hybridized carbons (Fsp3) is 0.571. The van der Waals surface area contributed by atoms with Crippen molar-refractivity contribution in [1.82, 2.24) is 24.9 Å². The Kier molecular flexibility index (Phi) is 8.26. The predicted octanol–water partition coefficient (Wildman–Crippen LogP) is 4.37. The molecule has 2 N–H and O–H groups in total. The molecular formula is C28H38N6O4. The molecule has 0 bridgehead atoms. The summed E-state index contributed by atoms with van der Waals surface area (Å²) < 4.78 is 19.3. The minimum Gasteiger partial charge on any atom is -0.496 e. The number of nitrogens with zero attached hydrogens (tertiary/aromatic N) is 5. The van der Waals surface area contributed by atoms with E-state index in [4.69, 9.17) is 24.7 Å². The van der Waals surface area contributed by atoms with Crippen LogP contribution < -0.4 is 15.2 Å². The van der Waals surface area contributed by atoms with Gasteiger partial charge in [0.25, 0.3) is 5.91 Å². The standard InChI is InChI=1S/C28H38N6O4/c1-36-21-11-8-12-22(37-2)25(21)27-24(26(28(29)35)32-34(27)20-9-4-5-10-20)19(17-23-31-30-18-38-23)13-16-33-14-6-3-7-15-33/h8,11-12,18-20H,3-7,9-10,13-17H2,1-2H3,(H2,29,35). The van der Waals surface area contributed by atoms with E-state index in [2.05, 4.69) is 15.1 Å². The van der Waals surface area contributed by atoms with E-state index in [1.54, 1.807) is 14.2 Å². The molecule has 3 aromatic rings. The zero-order valence-corrected chi connectivity index (χ0v) is 22.4. The smallest absolute Gasteiger partial charge is 0.269 e. The maximum absolute atomic E-state index is 13.0. The fourth-order valence-corrected chi connectivity index (χ4v) is 6.13. The lowest BCUT2D eigenvalue weighted by atomic mass is 9.87. The summed E-state index contributed by atoms with van der Waals surface area (Å²) >= 11 is 0. The number of amides is 1. The lowest BCUT2D eigenvalue weighted by Crippen LogP contribution is -2.31. The van der Waals surface area contributed by atoms with Gasteiger partial charge in [-0.3, -0.25) is 9.48 Å². The molecule has 38 heavy (non-hydrogen) atoms. The quantitative estimate of drug-likeness (QED) is 0.394. The molecule has 204 valence electrons. The number of aromatic nitrogens is 4. The van der Waals surface area contributed by atoms with Crippen LogP contribution in [0.2, 0.25) is 0 Å². The average Bonchev–Trinajstić information content (AvgIpc) is 3.72. The van der Waals surface area contributed by atoms with Crippen molar-refractivity contribution in [2.45, 2.75) is 69.7 Å². The molecule has 1 saturated carbocycles. The molecule has 1 saturated heterocycles. The molecule has 1 aliphatic carbocycles. The van der Waals surface area contributed by atoms with Gasteiger partial charge in [0.2, 0.25) is 12.3 Å². The predicted molar refractivity (Wildman–Crippen MR) is 142 cm³/mol. The summed E-state index contributed by atoms with van der Waals surface area (Å²) in [6.07, 6.45) is 10.5. The highest BCUT2D eigenvalue weighted by Crippen LogP contribution is 2.47. The van der Waals surface area contributed by atoms with Crippen LogP contribution in [0.4, 0.5) is 0 Å². The zero-order chi connectivity index (χ0) is 26.5. The number of benzene rings is 1. The Labute approximate surface area is 223 Å². The molecule has 1 amide bonds. The summed E-state index contributed by atoms with van der Waals surface area (Å²) in [5, 5.41) is 13.0. The van der Waals surface area contributed by atoms with E-state index in [1.165, 1.54) is 25.7 Å². The van der Waals surface area contributed by atoms with E-state index in [1.807, 2.05) is 22.9 Å². The van der Waals surface area contributed by atoms with Crippen LogP contribution in [-0.2, 0) is 6.42 Å². The highest BCUT2D eigenvalue weighted by atomic mass is 16.5. The lowest BCUT2D eigenvalue weighted by Gasteiger charge is -2.28. The lowest BCUT2D eigenvalue weighted by molar-refractivity contribution is 0.0992. The van der Waals surface area contributed by atoms with Gasteiger partial charge in [-0.25, -0.2) is 0 Å². The maximum Gasteiger partial charge on any atom is 0.269 e. The molecule has 1 atom stereocenters. The molecule has 0 spiro atoms. The van der Waals surface area contributed by atoms with Gasteiger partial charge >= 0.3 is 0 Å². The number of hydrogen-bond acceptors (Lipinski definition) is 8. The maximum atomic E-state index is 13.0. The van der Waals surface area contributed by atoms with Crippen molar-refractivity contribution in [1.29, 1.82) is 0 Å². The first-order chi connectivity index (χ1) is 18.6. The normalized spacial score (nSPS) is 17.5. The summed E-state index contributed by atoms with van der Waals surface area (Å²) in [6, 6.07) is 5.90. The third-order valence-corrected chi connectivity index (χ3v) is 7.99. The largest absolute Gasteiger partial charge is 0.496 e. The number of likely N-dealkylation sites (tertiary alicyclic amines) is 1. The molecular weight excluding hydrogens is 484 g/mol. The number of primary amides is 1. The van der Waals surface area contributed by atoms with E-state index in [-0.39, 0.29) is 12.0 Å². The minimum absolute atomic E-state index is 0.125. The molecule has 3 heterocycles. The molecule has 1 aromatic carbocycles. The summed E-state index contributed by atoms with van der Waals surface area (Å²) in [5.41, 5.74) is 8.75. The zero-order valence-electron chi connectivity index (χ0n) is 22.4. The van der Waals surface area contributed by atoms with Crippen molar-refractivity contribution in [3.63, 3.8) is 0 Å². The number of methoxy groups -OCH3 is 2. The van der Waals surface area contributed by atoms with Crippen LogP contribution in [-0.4, -0.2) is 64.6 Å². The molecule has 10 nitrogen and oxygen atoms in total. The monoisotopic (exact) mass is 522 g/mol. The Morgan fingerprint density at radius 3 is 2.42 bits per heavy atom. The van der Waals surface area contributed by atoms with Crippen LogP contribution in [0, 0.1) is 0 Å². The summed E-state index contributed by atoms with van der Waals surface area (Å²) in [6.45, 7) is 3.07. The number of carbonyl (C=O) groups is 1. The van der Waals surface area contributed by atoms with E-state index < -0.39 is 5.91 Å². The van der Waals surface area contributed by atoms with Crippen LogP contribution in [0.25, 0.3) is 11.3 Å². The van der Waals surface area contributed by atoms with Crippen LogP contribution in [0.3, 0.4) is 0 Å².